The van der Waals surface area contributed by atoms with E-state index in [1.807, 2.05) is 37.3 Å². The molecule has 1 atom stereocenters. The summed E-state index contributed by atoms with van der Waals surface area (Å²) in [6, 6.07) is 16.0. The Morgan fingerprint density at radius 1 is 1.08 bits per heavy atom. The molecule has 1 amide bonds. The van der Waals surface area contributed by atoms with Gasteiger partial charge in [0.1, 0.15) is 11.3 Å². The number of para-hydroxylation sites is 1. The minimum atomic E-state index is -0.722. The summed E-state index contributed by atoms with van der Waals surface area (Å²) in [6.07, 6.45) is 1.66. The molecule has 126 valence electrons. The first-order chi connectivity index (χ1) is 11.6. The van der Waals surface area contributed by atoms with Crippen LogP contribution in [0.1, 0.15) is 29.3 Å². The van der Waals surface area contributed by atoms with Crippen molar-refractivity contribution < 1.29 is 19.4 Å². The van der Waals surface area contributed by atoms with Gasteiger partial charge in [-0.1, -0.05) is 42.5 Å². The van der Waals surface area contributed by atoms with Crippen LogP contribution in [-0.4, -0.2) is 29.6 Å². The molecule has 0 fully saturated rings. The average molecular weight is 327 g/mol. The number of phenols is 1. The third-order valence-corrected chi connectivity index (χ3v) is 3.57. The van der Waals surface area contributed by atoms with Crippen molar-refractivity contribution in [3.63, 3.8) is 0 Å². The minimum absolute atomic E-state index is 0.0264. The number of aromatic hydroxyl groups is 1. The summed E-state index contributed by atoms with van der Waals surface area (Å²) in [6.45, 7) is 1.54. The Labute approximate surface area is 141 Å². The predicted octanol–water partition coefficient (Wildman–Crippen LogP) is 2.69. The zero-order valence-electron chi connectivity index (χ0n) is 13.6. The summed E-state index contributed by atoms with van der Waals surface area (Å²) >= 11 is 0. The van der Waals surface area contributed by atoms with Crippen molar-refractivity contribution >= 4 is 11.9 Å². The van der Waals surface area contributed by atoms with Crippen LogP contribution in [0.5, 0.6) is 5.75 Å². The molecule has 0 spiro atoms. The molecule has 2 aromatic rings. The first kappa shape index (κ1) is 17.5. The predicted molar refractivity (Wildman–Crippen MR) is 90.8 cm³/mol. The molecule has 2 rings (SSSR count). The number of aryl methyl sites for hydroxylation is 1. The number of carbonyl (C=O) groups is 2. The lowest BCUT2D eigenvalue weighted by atomic mass is 10.1. The van der Waals surface area contributed by atoms with E-state index in [1.54, 1.807) is 12.1 Å². The van der Waals surface area contributed by atoms with Crippen LogP contribution in [0, 0.1) is 0 Å². The summed E-state index contributed by atoms with van der Waals surface area (Å²) in [5.74, 6) is -1.25. The number of rotatable bonds is 7. The fraction of sp³-hybridized carbons (Fsp3) is 0.263. The van der Waals surface area contributed by atoms with Crippen molar-refractivity contribution in [3.05, 3.63) is 65.7 Å². The summed E-state index contributed by atoms with van der Waals surface area (Å²) in [5, 5.41) is 12.4. The number of amides is 1. The van der Waals surface area contributed by atoms with E-state index >= 15 is 0 Å². The Kier molecular flexibility index (Phi) is 6.37. The maximum absolute atomic E-state index is 11.8. The van der Waals surface area contributed by atoms with E-state index in [-0.39, 0.29) is 29.9 Å². The van der Waals surface area contributed by atoms with Crippen LogP contribution in [0.25, 0.3) is 0 Å². The number of benzene rings is 2. The highest BCUT2D eigenvalue weighted by atomic mass is 16.5. The highest BCUT2D eigenvalue weighted by Crippen LogP contribution is 2.16. The van der Waals surface area contributed by atoms with E-state index in [9.17, 15) is 14.7 Å². The molecule has 2 N–H and O–H groups in total. The molecule has 2 aromatic carbocycles. The van der Waals surface area contributed by atoms with Gasteiger partial charge in [-0.15, -0.1) is 0 Å². The maximum atomic E-state index is 11.8. The number of phenolic OH excluding ortho intramolecular Hbond substituents is 1. The minimum Gasteiger partial charge on any atom is -0.507 e. The SMILES string of the molecule is C[C@H](CCc1ccccc1)NC(=O)COC(=O)c1ccccc1O. The van der Waals surface area contributed by atoms with Gasteiger partial charge < -0.3 is 15.2 Å². The molecule has 0 aliphatic rings. The highest BCUT2D eigenvalue weighted by molar-refractivity contribution is 5.93. The van der Waals surface area contributed by atoms with Gasteiger partial charge in [-0.2, -0.15) is 0 Å². The Balaban J connectivity index is 1.72. The number of ether oxygens (including phenoxy) is 1. The molecule has 5 nitrogen and oxygen atoms in total. The molecular weight excluding hydrogens is 306 g/mol. The van der Waals surface area contributed by atoms with Gasteiger partial charge in [-0.3, -0.25) is 4.79 Å². The first-order valence-electron chi connectivity index (χ1n) is 7.84. The van der Waals surface area contributed by atoms with Gasteiger partial charge in [-0.25, -0.2) is 4.79 Å². The quantitative estimate of drug-likeness (QED) is 0.767. The molecular formula is C19H21NO4. The molecule has 0 unspecified atom stereocenters. The van der Waals surface area contributed by atoms with Crippen LogP contribution < -0.4 is 5.32 Å². The van der Waals surface area contributed by atoms with Gasteiger partial charge in [0.25, 0.3) is 5.91 Å². The molecule has 0 bridgehead atoms. The van der Waals surface area contributed by atoms with E-state index in [2.05, 4.69) is 5.32 Å². The fourth-order valence-electron chi connectivity index (χ4n) is 2.27. The van der Waals surface area contributed by atoms with Crippen LogP contribution in [-0.2, 0) is 16.0 Å². The zero-order valence-corrected chi connectivity index (χ0v) is 13.6. The average Bonchev–Trinajstić information content (AvgIpc) is 2.59. The van der Waals surface area contributed by atoms with E-state index in [0.29, 0.717) is 0 Å². The number of carbonyl (C=O) groups excluding carboxylic acids is 2. The topological polar surface area (TPSA) is 75.6 Å². The van der Waals surface area contributed by atoms with Gasteiger partial charge in [0, 0.05) is 6.04 Å². The van der Waals surface area contributed by atoms with Crippen molar-refractivity contribution in [1.82, 2.24) is 5.32 Å². The lowest BCUT2D eigenvalue weighted by Crippen LogP contribution is -2.36. The molecule has 5 heteroatoms. The van der Waals surface area contributed by atoms with E-state index in [1.165, 1.54) is 17.7 Å². The molecule has 0 radical (unpaired) electrons. The standard InChI is InChI=1S/C19H21NO4/c1-14(11-12-15-7-3-2-4-8-15)20-18(22)13-24-19(23)16-9-5-6-10-17(16)21/h2-10,14,21H,11-13H2,1H3,(H,20,22)/t14-/m1/s1. The molecule has 0 heterocycles. The second-order valence-corrected chi connectivity index (χ2v) is 5.59. The molecule has 0 saturated carbocycles. The Bertz CT molecular complexity index is 685. The first-order valence-corrected chi connectivity index (χ1v) is 7.84. The van der Waals surface area contributed by atoms with Crippen LogP contribution >= 0.6 is 0 Å². The molecule has 24 heavy (non-hydrogen) atoms. The summed E-state index contributed by atoms with van der Waals surface area (Å²) in [4.78, 5) is 23.6. The van der Waals surface area contributed by atoms with Crippen molar-refractivity contribution in [3.8, 4) is 5.75 Å². The van der Waals surface area contributed by atoms with Crippen LogP contribution in [0.4, 0.5) is 0 Å². The molecule has 0 aliphatic heterocycles. The van der Waals surface area contributed by atoms with Gasteiger partial charge in [0.15, 0.2) is 6.61 Å². The Morgan fingerprint density at radius 3 is 2.46 bits per heavy atom. The van der Waals surface area contributed by atoms with Gasteiger partial charge >= 0.3 is 5.97 Å². The molecule has 0 saturated heterocycles. The van der Waals surface area contributed by atoms with Crippen molar-refractivity contribution in [2.45, 2.75) is 25.8 Å². The molecule has 0 aliphatic carbocycles. The van der Waals surface area contributed by atoms with Crippen LogP contribution in [0.3, 0.4) is 0 Å². The van der Waals surface area contributed by atoms with E-state index in [4.69, 9.17) is 4.74 Å². The lowest BCUT2D eigenvalue weighted by molar-refractivity contribution is -0.124. The fourth-order valence-corrected chi connectivity index (χ4v) is 2.27. The van der Waals surface area contributed by atoms with Crippen LogP contribution in [0.2, 0.25) is 0 Å². The smallest absolute Gasteiger partial charge is 0.342 e. The largest absolute Gasteiger partial charge is 0.507 e. The number of esters is 1. The maximum Gasteiger partial charge on any atom is 0.342 e. The van der Waals surface area contributed by atoms with E-state index in [0.717, 1.165) is 12.8 Å². The van der Waals surface area contributed by atoms with Gasteiger partial charge in [0.2, 0.25) is 0 Å². The van der Waals surface area contributed by atoms with Crippen molar-refractivity contribution in [2.24, 2.45) is 0 Å². The van der Waals surface area contributed by atoms with Crippen molar-refractivity contribution in [1.29, 1.82) is 0 Å². The Morgan fingerprint density at radius 2 is 1.75 bits per heavy atom. The van der Waals surface area contributed by atoms with E-state index < -0.39 is 5.97 Å². The third-order valence-electron chi connectivity index (χ3n) is 3.57. The van der Waals surface area contributed by atoms with Crippen molar-refractivity contribution in [2.75, 3.05) is 6.61 Å². The number of hydrogen-bond donors (Lipinski definition) is 2. The monoisotopic (exact) mass is 327 g/mol. The molecule has 0 aromatic heterocycles. The Hall–Kier alpha value is -2.82. The third kappa shape index (κ3) is 5.43. The summed E-state index contributed by atoms with van der Waals surface area (Å²) in [5.41, 5.74) is 1.26. The van der Waals surface area contributed by atoms with Crippen LogP contribution in [0.15, 0.2) is 54.6 Å². The second-order valence-electron chi connectivity index (χ2n) is 5.59. The van der Waals surface area contributed by atoms with Gasteiger partial charge in [0.05, 0.1) is 0 Å². The number of nitrogens with one attached hydrogen (secondary N) is 1. The zero-order chi connectivity index (χ0) is 17.4. The summed E-state index contributed by atoms with van der Waals surface area (Å²) in [7, 11) is 0. The second kappa shape index (κ2) is 8.72. The highest BCUT2D eigenvalue weighted by Gasteiger charge is 2.14. The lowest BCUT2D eigenvalue weighted by Gasteiger charge is -2.14. The number of hydrogen-bond acceptors (Lipinski definition) is 4. The normalized spacial score (nSPS) is 11.5. The van der Waals surface area contributed by atoms with Gasteiger partial charge in [-0.05, 0) is 37.5 Å². The summed E-state index contributed by atoms with van der Waals surface area (Å²) < 4.78 is 4.92.